The van der Waals surface area contributed by atoms with Gasteiger partial charge in [0.25, 0.3) is 0 Å². The van der Waals surface area contributed by atoms with Gasteiger partial charge in [-0.2, -0.15) is 0 Å². The van der Waals surface area contributed by atoms with Crippen LogP contribution in [-0.4, -0.2) is 29.7 Å². The number of nitrogens with one attached hydrogen (secondary N) is 2. The van der Waals surface area contributed by atoms with Crippen LogP contribution < -0.4 is 10.6 Å². The molecule has 0 saturated heterocycles. The number of amides is 1. The molecule has 4 heteroatoms. The first-order valence-corrected chi connectivity index (χ1v) is 6.37. The van der Waals surface area contributed by atoms with Gasteiger partial charge < -0.3 is 15.7 Å². The number of anilines is 1. The molecule has 0 aromatic heterocycles. The molecule has 0 unspecified atom stereocenters. The Morgan fingerprint density at radius 2 is 2.22 bits per heavy atom. The SMILES string of the molecule is Cc1cccc(NC(=O)CNCC2(O)CCC2)c1. The summed E-state index contributed by atoms with van der Waals surface area (Å²) in [5.41, 5.74) is 1.34. The predicted molar refractivity (Wildman–Crippen MR) is 71.5 cm³/mol. The van der Waals surface area contributed by atoms with E-state index in [4.69, 9.17) is 0 Å². The van der Waals surface area contributed by atoms with E-state index in [1.165, 1.54) is 0 Å². The van der Waals surface area contributed by atoms with Crippen molar-refractivity contribution in [3.63, 3.8) is 0 Å². The highest BCUT2D eigenvalue weighted by atomic mass is 16.3. The minimum atomic E-state index is -0.580. The topological polar surface area (TPSA) is 61.4 Å². The molecule has 0 bridgehead atoms. The molecule has 2 rings (SSSR count). The second kappa shape index (κ2) is 5.50. The van der Waals surface area contributed by atoms with E-state index < -0.39 is 5.60 Å². The van der Waals surface area contributed by atoms with Gasteiger partial charge in [0.2, 0.25) is 5.91 Å². The normalized spacial score (nSPS) is 17.0. The Labute approximate surface area is 107 Å². The molecular formula is C14H20N2O2. The second-order valence-electron chi connectivity index (χ2n) is 5.10. The van der Waals surface area contributed by atoms with Gasteiger partial charge in [-0.15, -0.1) is 0 Å². The standard InChI is InChI=1S/C14H20N2O2/c1-11-4-2-5-12(8-11)16-13(17)9-15-10-14(18)6-3-7-14/h2,4-5,8,15,18H,3,6-7,9-10H2,1H3,(H,16,17). The van der Waals surface area contributed by atoms with Crippen LogP contribution in [0.5, 0.6) is 0 Å². The summed E-state index contributed by atoms with van der Waals surface area (Å²) in [6, 6.07) is 7.69. The van der Waals surface area contributed by atoms with Crippen molar-refractivity contribution in [1.29, 1.82) is 0 Å². The zero-order valence-corrected chi connectivity index (χ0v) is 10.7. The van der Waals surface area contributed by atoms with Crippen LogP contribution in [0.25, 0.3) is 0 Å². The summed E-state index contributed by atoms with van der Waals surface area (Å²) in [6.07, 6.45) is 2.74. The van der Waals surface area contributed by atoms with Crippen molar-refractivity contribution in [3.8, 4) is 0 Å². The molecule has 4 nitrogen and oxygen atoms in total. The van der Waals surface area contributed by atoms with Crippen LogP contribution in [0.2, 0.25) is 0 Å². The van der Waals surface area contributed by atoms with E-state index in [0.717, 1.165) is 30.5 Å². The lowest BCUT2D eigenvalue weighted by atomic mass is 9.80. The lowest BCUT2D eigenvalue weighted by molar-refractivity contribution is -0.115. The summed E-state index contributed by atoms with van der Waals surface area (Å²) in [7, 11) is 0. The van der Waals surface area contributed by atoms with Crippen LogP contribution >= 0.6 is 0 Å². The molecule has 1 aromatic rings. The largest absolute Gasteiger partial charge is 0.389 e. The zero-order valence-electron chi connectivity index (χ0n) is 10.7. The third-order valence-corrected chi connectivity index (χ3v) is 3.33. The van der Waals surface area contributed by atoms with Crippen LogP contribution in [0.15, 0.2) is 24.3 Å². The van der Waals surface area contributed by atoms with E-state index in [1.54, 1.807) is 0 Å². The van der Waals surface area contributed by atoms with Gasteiger partial charge in [0.1, 0.15) is 0 Å². The number of carbonyl (C=O) groups is 1. The summed E-state index contributed by atoms with van der Waals surface area (Å²) < 4.78 is 0. The molecule has 0 radical (unpaired) electrons. The van der Waals surface area contributed by atoms with Gasteiger partial charge in [-0.05, 0) is 43.9 Å². The molecule has 1 aliphatic rings. The maximum absolute atomic E-state index is 11.7. The monoisotopic (exact) mass is 248 g/mol. The Kier molecular flexibility index (Phi) is 3.99. The fourth-order valence-electron chi connectivity index (χ4n) is 2.10. The van der Waals surface area contributed by atoms with E-state index >= 15 is 0 Å². The highest BCUT2D eigenvalue weighted by Crippen LogP contribution is 2.30. The van der Waals surface area contributed by atoms with E-state index in [9.17, 15) is 9.90 Å². The van der Waals surface area contributed by atoms with E-state index in [1.807, 2.05) is 31.2 Å². The van der Waals surface area contributed by atoms with Crippen LogP contribution in [0.1, 0.15) is 24.8 Å². The highest BCUT2D eigenvalue weighted by Gasteiger charge is 2.33. The summed E-state index contributed by atoms with van der Waals surface area (Å²) in [4.78, 5) is 11.7. The van der Waals surface area contributed by atoms with Crippen LogP contribution in [0.4, 0.5) is 5.69 Å². The zero-order chi connectivity index (χ0) is 13.0. The van der Waals surface area contributed by atoms with Crippen molar-refractivity contribution in [2.24, 2.45) is 0 Å². The molecular weight excluding hydrogens is 228 g/mol. The Morgan fingerprint density at radius 1 is 1.44 bits per heavy atom. The Morgan fingerprint density at radius 3 is 2.83 bits per heavy atom. The number of hydrogen-bond donors (Lipinski definition) is 3. The fraction of sp³-hybridized carbons (Fsp3) is 0.500. The fourth-order valence-corrected chi connectivity index (χ4v) is 2.10. The summed E-state index contributed by atoms with van der Waals surface area (Å²) in [5.74, 6) is -0.0801. The molecule has 98 valence electrons. The number of rotatable bonds is 5. The molecule has 0 heterocycles. The number of aryl methyl sites for hydroxylation is 1. The number of hydrogen-bond acceptors (Lipinski definition) is 3. The van der Waals surface area contributed by atoms with Crippen molar-refractivity contribution in [2.45, 2.75) is 31.8 Å². The molecule has 0 spiro atoms. The molecule has 1 fully saturated rings. The molecule has 0 aliphatic heterocycles. The van der Waals surface area contributed by atoms with Crippen LogP contribution in [0.3, 0.4) is 0 Å². The van der Waals surface area contributed by atoms with E-state index in [0.29, 0.717) is 6.54 Å². The van der Waals surface area contributed by atoms with Crippen molar-refractivity contribution in [2.75, 3.05) is 18.4 Å². The summed E-state index contributed by atoms with van der Waals surface area (Å²) in [6.45, 7) is 2.71. The first kappa shape index (κ1) is 13.1. The first-order valence-electron chi connectivity index (χ1n) is 6.37. The van der Waals surface area contributed by atoms with Crippen molar-refractivity contribution in [3.05, 3.63) is 29.8 Å². The Hall–Kier alpha value is -1.39. The summed E-state index contributed by atoms with van der Waals surface area (Å²) in [5, 5.41) is 15.7. The molecule has 1 saturated carbocycles. The van der Waals surface area contributed by atoms with Gasteiger partial charge in [-0.3, -0.25) is 4.79 Å². The van der Waals surface area contributed by atoms with Gasteiger partial charge in [0.05, 0.1) is 12.1 Å². The molecule has 3 N–H and O–H groups in total. The smallest absolute Gasteiger partial charge is 0.238 e. The minimum absolute atomic E-state index is 0.0801. The predicted octanol–water partition coefficient (Wildman–Crippen LogP) is 1.44. The van der Waals surface area contributed by atoms with Gasteiger partial charge in [-0.1, -0.05) is 12.1 Å². The number of carbonyl (C=O) groups excluding carboxylic acids is 1. The highest BCUT2D eigenvalue weighted by molar-refractivity contribution is 5.92. The lowest BCUT2D eigenvalue weighted by Gasteiger charge is -2.36. The van der Waals surface area contributed by atoms with Gasteiger partial charge in [-0.25, -0.2) is 0 Å². The van der Waals surface area contributed by atoms with Crippen LogP contribution in [0, 0.1) is 6.92 Å². The molecule has 1 aliphatic carbocycles. The molecule has 0 atom stereocenters. The maximum atomic E-state index is 11.7. The third kappa shape index (κ3) is 3.55. The maximum Gasteiger partial charge on any atom is 0.238 e. The van der Waals surface area contributed by atoms with E-state index in [2.05, 4.69) is 10.6 Å². The third-order valence-electron chi connectivity index (χ3n) is 3.33. The Bertz CT molecular complexity index is 428. The Balaban J connectivity index is 1.72. The van der Waals surface area contributed by atoms with Crippen LogP contribution in [-0.2, 0) is 4.79 Å². The van der Waals surface area contributed by atoms with Gasteiger partial charge in [0.15, 0.2) is 0 Å². The van der Waals surface area contributed by atoms with Crippen molar-refractivity contribution >= 4 is 11.6 Å². The van der Waals surface area contributed by atoms with Gasteiger partial charge in [0, 0.05) is 12.2 Å². The van der Waals surface area contributed by atoms with Crippen molar-refractivity contribution in [1.82, 2.24) is 5.32 Å². The molecule has 18 heavy (non-hydrogen) atoms. The van der Waals surface area contributed by atoms with Crippen molar-refractivity contribution < 1.29 is 9.90 Å². The quantitative estimate of drug-likeness (QED) is 0.739. The minimum Gasteiger partial charge on any atom is -0.389 e. The molecule has 1 amide bonds. The lowest BCUT2D eigenvalue weighted by Crippen LogP contribution is -2.47. The average molecular weight is 248 g/mol. The number of aliphatic hydroxyl groups is 1. The van der Waals surface area contributed by atoms with Gasteiger partial charge >= 0.3 is 0 Å². The molecule has 1 aromatic carbocycles. The average Bonchev–Trinajstić information content (AvgIpc) is 2.26. The second-order valence-corrected chi connectivity index (χ2v) is 5.10. The summed E-state index contributed by atoms with van der Waals surface area (Å²) >= 11 is 0. The number of benzene rings is 1. The van der Waals surface area contributed by atoms with E-state index in [-0.39, 0.29) is 12.5 Å². The first-order chi connectivity index (χ1) is 8.57.